The fraction of sp³-hybridized carbons (Fsp3) is 0.167. The average Bonchev–Trinajstić information content (AvgIpc) is 3.26. The lowest BCUT2D eigenvalue weighted by atomic mass is 9.86. The highest BCUT2D eigenvalue weighted by molar-refractivity contribution is 6.24. The second-order valence-corrected chi connectivity index (χ2v) is 7.70. The molecule has 2 aromatic carbocycles. The Bertz CT molecular complexity index is 1150. The number of ketones is 1. The number of rotatable bonds is 3. The molecule has 6 nitrogen and oxygen atoms in total. The predicted octanol–water partition coefficient (Wildman–Crippen LogP) is 1.29. The van der Waals surface area contributed by atoms with Crippen molar-refractivity contribution >= 4 is 23.3 Å². The highest BCUT2D eigenvalue weighted by Crippen LogP contribution is 2.39. The van der Waals surface area contributed by atoms with Crippen LogP contribution in [0.15, 0.2) is 84.6 Å². The monoisotopic (exact) mass is 396 g/mol. The summed E-state index contributed by atoms with van der Waals surface area (Å²) in [4.78, 5) is 42.3. The van der Waals surface area contributed by atoms with Crippen molar-refractivity contribution in [3.63, 3.8) is 0 Å². The third kappa shape index (κ3) is 2.56. The predicted molar refractivity (Wildman–Crippen MR) is 108 cm³/mol. The van der Waals surface area contributed by atoms with E-state index in [9.17, 15) is 19.6 Å². The van der Waals surface area contributed by atoms with Gasteiger partial charge in [-0.25, -0.2) is 4.90 Å². The molecule has 3 heterocycles. The molecule has 0 spiro atoms. The van der Waals surface area contributed by atoms with E-state index >= 15 is 0 Å². The summed E-state index contributed by atoms with van der Waals surface area (Å²) in [5.74, 6) is -2.29. The van der Waals surface area contributed by atoms with Crippen LogP contribution in [0.4, 0.5) is 5.69 Å². The largest absolute Gasteiger partial charge is 0.293 e. The van der Waals surface area contributed by atoms with Crippen LogP contribution < -0.4 is 9.80 Å². The van der Waals surface area contributed by atoms with Crippen molar-refractivity contribution in [3.8, 4) is 6.07 Å². The number of imide groups is 1. The summed E-state index contributed by atoms with van der Waals surface area (Å²) in [6.45, 7) is 0. The number of nitrogens with one attached hydrogen (secondary N) is 1. The van der Waals surface area contributed by atoms with Gasteiger partial charge in [0, 0.05) is 11.6 Å². The van der Waals surface area contributed by atoms with Gasteiger partial charge in [0.05, 0.1) is 23.5 Å². The van der Waals surface area contributed by atoms with Gasteiger partial charge in [-0.1, -0.05) is 48.5 Å². The van der Waals surface area contributed by atoms with Gasteiger partial charge in [0.25, 0.3) is 0 Å². The van der Waals surface area contributed by atoms with E-state index in [1.165, 1.54) is 4.90 Å². The SMILES string of the molecule is N#CC1=C[C@@H]2[C@H]3C(=O)N(c4ccccc4)C(=O)[C@H]3[C@H](C(=O)c3ccccc3)[NH+]2C=C1. The number of allylic oxidation sites excluding steroid dienone is 2. The lowest BCUT2D eigenvalue weighted by molar-refractivity contribution is -0.871. The van der Waals surface area contributed by atoms with E-state index in [0.29, 0.717) is 16.8 Å². The molecule has 3 aliphatic rings. The van der Waals surface area contributed by atoms with Crippen molar-refractivity contribution in [1.82, 2.24) is 0 Å². The Labute approximate surface area is 173 Å². The van der Waals surface area contributed by atoms with E-state index in [0.717, 1.165) is 4.90 Å². The van der Waals surface area contributed by atoms with Crippen LogP contribution in [-0.2, 0) is 9.59 Å². The Hall–Kier alpha value is -3.82. The zero-order chi connectivity index (χ0) is 20.8. The molecule has 6 heteroatoms. The number of para-hydroxylation sites is 1. The highest BCUT2D eigenvalue weighted by atomic mass is 16.2. The summed E-state index contributed by atoms with van der Waals surface area (Å²) < 4.78 is 0. The molecule has 0 aromatic heterocycles. The number of anilines is 1. The first-order valence-corrected chi connectivity index (χ1v) is 9.80. The van der Waals surface area contributed by atoms with Crippen LogP contribution in [-0.4, -0.2) is 29.7 Å². The van der Waals surface area contributed by atoms with Gasteiger partial charge in [0.1, 0.15) is 17.9 Å². The first-order valence-electron chi connectivity index (χ1n) is 9.80. The Morgan fingerprint density at radius 1 is 0.933 bits per heavy atom. The number of fused-ring (bicyclic) bond motifs is 3. The molecule has 146 valence electrons. The van der Waals surface area contributed by atoms with Crippen molar-refractivity contribution in [2.24, 2.45) is 11.8 Å². The molecule has 5 atom stereocenters. The fourth-order valence-corrected chi connectivity index (χ4v) is 4.92. The van der Waals surface area contributed by atoms with Crippen LogP contribution in [0.3, 0.4) is 0 Å². The number of nitriles is 1. The first-order chi connectivity index (χ1) is 14.6. The maximum atomic E-state index is 13.5. The van der Waals surface area contributed by atoms with Crippen LogP contribution in [0, 0.1) is 23.2 Å². The molecule has 2 saturated heterocycles. The van der Waals surface area contributed by atoms with Gasteiger partial charge < -0.3 is 0 Å². The molecule has 0 aliphatic carbocycles. The van der Waals surface area contributed by atoms with E-state index in [-0.39, 0.29) is 17.6 Å². The molecule has 3 aliphatic heterocycles. The van der Waals surface area contributed by atoms with Gasteiger partial charge in [0.2, 0.25) is 17.6 Å². The minimum Gasteiger partial charge on any atom is -0.293 e. The Morgan fingerprint density at radius 3 is 2.23 bits per heavy atom. The van der Waals surface area contributed by atoms with E-state index in [4.69, 9.17) is 0 Å². The number of carbonyl (C=O) groups is 3. The number of hydrogen-bond donors (Lipinski definition) is 1. The summed E-state index contributed by atoms with van der Waals surface area (Å²) in [5.41, 5.74) is 1.45. The van der Waals surface area contributed by atoms with Crippen LogP contribution in [0.25, 0.3) is 0 Å². The van der Waals surface area contributed by atoms with Crippen LogP contribution in [0.5, 0.6) is 0 Å². The van der Waals surface area contributed by atoms with Crippen molar-refractivity contribution in [3.05, 3.63) is 90.2 Å². The summed E-state index contributed by atoms with van der Waals surface area (Å²) in [6, 6.07) is 18.6. The summed E-state index contributed by atoms with van der Waals surface area (Å²) in [5, 5.41) is 9.34. The number of nitrogens with zero attached hydrogens (tertiary/aromatic N) is 2. The number of hydrogen-bond acceptors (Lipinski definition) is 4. The van der Waals surface area contributed by atoms with Gasteiger partial charge in [-0.2, -0.15) is 5.26 Å². The van der Waals surface area contributed by atoms with Crippen molar-refractivity contribution in [2.75, 3.05) is 4.90 Å². The molecule has 30 heavy (non-hydrogen) atoms. The third-order valence-corrected chi connectivity index (χ3v) is 6.19. The average molecular weight is 396 g/mol. The number of carbonyl (C=O) groups excluding carboxylic acids is 3. The van der Waals surface area contributed by atoms with Gasteiger partial charge in [0.15, 0.2) is 6.04 Å². The van der Waals surface area contributed by atoms with Gasteiger partial charge in [-0.05, 0) is 18.2 Å². The van der Waals surface area contributed by atoms with Crippen molar-refractivity contribution in [2.45, 2.75) is 12.1 Å². The molecule has 0 saturated carbocycles. The van der Waals surface area contributed by atoms with E-state index in [1.54, 1.807) is 66.9 Å². The minimum atomic E-state index is -0.774. The molecule has 2 amide bonds. The van der Waals surface area contributed by atoms with Crippen LogP contribution in [0.2, 0.25) is 0 Å². The highest BCUT2D eigenvalue weighted by Gasteiger charge is 2.67. The molecule has 1 unspecified atom stereocenters. The lowest BCUT2D eigenvalue weighted by Gasteiger charge is -2.27. The summed E-state index contributed by atoms with van der Waals surface area (Å²) in [7, 11) is 0. The second kappa shape index (κ2) is 6.90. The molecular formula is C24H18N3O3+. The standard InChI is InChI=1S/C24H17N3O3/c25-14-15-11-12-26-18(13-15)19-20(21(26)22(28)16-7-3-1-4-8-16)24(30)27(23(19)29)17-9-5-2-6-10-17/h1-13,18-21H/p+1/t18-,19-,20-,21-/m1/s1. The van der Waals surface area contributed by atoms with Gasteiger partial charge in [-0.15, -0.1) is 0 Å². The minimum absolute atomic E-state index is 0.169. The Kier molecular flexibility index (Phi) is 4.19. The van der Waals surface area contributed by atoms with E-state index in [1.807, 2.05) is 12.1 Å². The Morgan fingerprint density at radius 2 is 1.57 bits per heavy atom. The molecule has 0 bridgehead atoms. The molecule has 0 radical (unpaired) electrons. The lowest BCUT2D eigenvalue weighted by Crippen LogP contribution is -3.15. The second-order valence-electron chi connectivity index (χ2n) is 7.70. The van der Waals surface area contributed by atoms with Crippen LogP contribution >= 0.6 is 0 Å². The van der Waals surface area contributed by atoms with E-state index < -0.39 is 23.9 Å². The maximum Gasteiger partial charge on any atom is 0.244 e. The van der Waals surface area contributed by atoms with Crippen molar-refractivity contribution < 1.29 is 19.3 Å². The normalized spacial score (nSPS) is 29.2. The summed E-state index contributed by atoms with van der Waals surface area (Å²) in [6.07, 6.45) is 5.13. The van der Waals surface area contributed by atoms with Gasteiger partial charge in [-0.3, -0.25) is 19.3 Å². The summed E-state index contributed by atoms with van der Waals surface area (Å²) >= 11 is 0. The third-order valence-electron chi connectivity index (χ3n) is 6.19. The number of Topliss-reactive ketones (excluding diaryl/α,β-unsaturated/α-hetero) is 1. The Balaban J connectivity index is 1.62. The smallest absolute Gasteiger partial charge is 0.244 e. The molecule has 2 fully saturated rings. The van der Waals surface area contributed by atoms with Crippen molar-refractivity contribution in [1.29, 1.82) is 5.26 Å². The maximum absolute atomic E-state index is 13.5. The first kappa shape index (κ1) is 18.2. The quantitative estimate of drug-likeness (QED) is 0.626. The molecule has 2 aromatic rings. The topological polar surface area (TPSA) is 82.7 Å². The molecule has 5 rings (SSSR count). The number of amides is 2. The van der Waals surface area contributed by atoms with E-state index in [2.05, 4.69) is 6.07 Å². The zero-order valence-electron chi connectivity index (χ0n) is 15.9. The van der Waals surface area contributed by atoms with Gasteiger partial charge >= 0.3 is 0 Å². The number of benzene rings is 2. The molecular weight excluding hydrogens is 378 g/mol. The fourth-order valence-electron chi connectivity index (χ4n) is 4.92. The zero-order valence-corrected chi connectivity index (χ0v) is 15.9. The van der Waals surface area contributed by atoms with Crippen LogP contribution in [0.1, 0.15) is 10.4 Å². The number of quaternary nitrogens is 1. The molecule has 1 N–H and O–H groups in total.